The van der Waals surface area contributed by atoms with Crippen LogP contribution in [0.2, 0.25) is 0 Å². The largest absolute Gasteiger partial charge is 0.356 e. The first-order valence-electron chi connectivity index (χ1n) is 14.3. The lowest BCUT2D eigenvalue weighted by Crippen LogP contribution is -1.95. The summed E-state index contributed by atoms with van der Waals surface area (Å²) in [5, 5.41) is 6.83. The number of carbonyl (C=O) groups excluding carboxylic acids is 1. The molecule has 2 N–H and O–H groups in total. The maximum atomic E-state index is 10.6. The van der Waals surface area contributed by atoms with Gasteiger partial charge in [0.15, 0.2) is 0 Å². The molecule has 1 aliphatic rings. The third-order valence-corrected chi connectivity index (χ3v) is 7.61. The van der Waals surface area contributed by atoms with Crippen molar-refractivity contribution in [2.75, 3.05) is 10.6 Å². The predicted molar refractivity (Wildman–Crippen MR) is 167 cm³/mol. The van der Waals surface area contributed by atoms with Gasteiger partial charge in [-0.3, -0.25) is 0 Å². The summed E-state index contributed by atoms with van der Waals surface area (Å²) in [5.74, 6) is 1.73. The SMILES string of the molecule is CC(CC=O)c1ccc(Nc2ccc(C3CC3)cc2)cc1.CCC(C)c1ccc(Nc2ccc(C)cc2)cc1. The average molecular weight is 519 g/mol. The van der Waals surface area contributed by atoms with Crippen LogP contribution in [0.25, 0.3) is 0 Å². The van der Waals surface area contributed by atoms with Crippen LogP contribution in [0.1, 0.15) is 86.5 Å². The minimum absolute atomic E-state index is 0.286. The number of benzene rings is 4. The van der Waals surface area contributed by atoms with E-state index in [-0.39, 0.29) is 5.92 Å². The van der Waals surface area contributed by atoms with Crippen molar-refractivity contribution in [3.63, 3.8) is 0 Å². The highest BCUT2D eigenvalue weighted by Crippen LogP contribution is 2.40. The van der Waals surface area contributed by atoms with Gasteiger partial charge in [0.25, 0.3) is 0 Å². The Labute approximate surface area is 234 Å². The van der Waals surface area contributed by atoms with Gasteiger partial charge in [0.2, 0.25) is 0 Å². The minimum atomic E-state index is 0.286. The molecule has 0 aliphatic heterocycles. The Kier molecular flexibility index (Phi) is 9.97. The van der Waals surface area contributed by atoms with Gasteiger partial charge in [0.05, 0.1) is 0 Å². The lowest BCUT2D eigenvalue weighted by atomic mass is 9.98. The summed E-state index contributed by atoms with van der Waals surface area (Å²) in [5.41, 5.74) is 9.84. The molecule has 1 aliphatic carbocycles. The third kappa shape index (κ3) is 8.58. The molecular formula is C36H42N2O. The summed E-state index contributed by atoms with van der Waals surface area (Å²) in [6, 6.07) is 34.3. The summed E-state index contributed by atoms with van der Waals surface area (Å²) >= 11 is 0. The van der Waals surface area contributed by atoms with Gasteiger partial charge in [-0.25, -0.2) is 0 Å². The normalized spacial score (nSPS) is 13.9. The fourth-order valence-corrected chi connectivity index (χ4v) is 4.53. The van der Waals surface area contributed by atoms with E-state index in [9.17, 15) is 4.79 Å². The van der Waals surface area contributed by atoms with Gasteiger partial charge in [-0.2, -0.15) is 0 Å². The van der Waals surface area contributed by atoms with Crippen molar-refractivity contribution in [3.8, 4) is 0 Å². The monoisotopic (exact) mass is 518 g/mol. The molecule has 39 heavy (non-hydrogen) atoms. The predicted octanol–water partition coefficient (Wildman–Crippen LogP) is 10.3. The molecule has 3 nitrogen and oxygen atoms in total. The van der Waals surface area contributed by atoms with Crippen molar-refractivity contribution in [1.82, 2.24) is 0 Å². The van der Waals surface area contributed by atoms with Crippen molar-refractivity contribution < 1.29 is 4.79 Å². The number of rotatable bonds is 10. The molecule has 0 radical (unpaired) electrons. The quantitative estimate of drug-likeness (QED) is 0.205. The number of carbonyl (C=O) groups is 1. The molecule has 2 unspecified atom stereocenters. The molecule has 0 heterocycles. The maximum Gasteiger partial charge on any atom is 0.120 e. The van der Waals surface area contributed by atoms with Crippen LogP contribution in [0.3, 0.4) is 0 Å². The highest BCUT2D eigenvalue weighted by Gasteiger charge is 2.22. The second kappa shape index (κ2) is 13.8. The number of anilines is 4. The zero-order chi connectivity index (χ0) is 27.6. The van der Waals surface area contributed by atoms with Crippen molar-refractivity contribution >= 4 is 29.0 Å². The molecular weight excluding hydrogens is 476 g/mol. The molecule has 202 valence electrons. The summed E-state index contributed by atoms with van der Waals surface area (Å²) in [6.07, 6.45) is 5.43. The fraction of sp³-hybridized carbons (Fsp3) is 0.306. The molecule has 0 saturated heterocycles. The van der Waals surface area contributed by atoms with E-state index in [2.05, 4.69) is 135 Å². The van der Waals surface area contributed by atoms with Gasteiger partial charge in [-0.05, 0) is 109 Å². The van der Waals surface area contributed by atoms with Crippen molar-refractivity contribution in [1.29, 1.82) is 0 Å². The second-order valence-electron chi connectivity index (χ2n) is 10.9. The summed E-state index contributed by atoms with van der Waals surface area (Å²) in [6.45, 7) is 8.67. The summed E-state index contributed by atoms with van der Waals surface area (Å²) < 4.78 is 0. The van der Waals surface area contributed by atoms with Gasteiger partial charge in [0, 0.05) is 29.2 Å². The Bertz CT molecular complexity index is 1290. The molecule has 5 rings (SSSR count). The van der Waals surface area contributed by atoms with Crippen LogP contribution in [0.4, 0.5) is 22.7 Å². The van der Waals surface area contributed by atoms with E-state index >= 15 is 0 Å². The second-order valence-corrected chi connectivity index (χ2v) is 10.9. The van der Waals surface area contributed by atoms with Gasteiger partial charge in [-0.15, -0.1) is 0 Å². The Hall–Kier alpha value is -3.85. The van der Waals surface area contributed by atoms with Gasteiger partial charge >= 0.3 is 0 Å². The number of nitrogens with one attached hydrogen (secondary N) is 2. The molecule has 4 aromatic rings. The molecule has 0 amide bonds. The van der Waals surface area contributed by atoms with Gasteiger partial charge in [0.1, 0.15) is 6.29 Å². The average Bonchev–Trinajstić information content (AvgIpc) is 3.81. The molecule has 0 spiro atoms. The van der Waals surface area contributed by atoms with Crippen LogP contribution in [0, 0.1) is 6.92 Å². The van der Waals surface area contributed by atoms with Crippen molar-refractivity contribution in [2.24, 2.45) is 0 Å². The number of aldehydes is 1. The van der Waals surface area contributed by atoms with Crippen LogP contribution in [-0.4, -0.2) is 6.29 Å². The van der Waals surface area contributed by atoms with E-state index in [4.69, 9.17) is 0 Å². The van der Waals surface area contributed by atoms with Crippen LogP contribution >= 0.6 is 0 Å². The van der Waals surface area contributed by atoms with E-state index in [0.29, 0.717) is 12.3 Å². The van der Waals surface area contributed by atoms with E-state index in [1.807, 2.05) is 0 Å². The maximum absolute atomic E-state index is 10.6. The molecule has 1 saturated carbocycles. The summed E-state index contributed by atoms with van der Waals surface area (Å²) in [4.78, 5) is 10.6. The van der Waals surface area contributed by atoms with Gasteiger partial charge in [-0.1, -0.05) is 74.9 Å². The molecule has 2 atom stereocenters. The third-order valence-electron chi connectivity index (χ3n) is 7.61. The lowest BCUT2D eigenvalue weighted by Gasteiger charge is -2.11. The van der Waals surface area contributed by atoms with Crippen LogP contribution < -0.4 is 10.6 Å². The molecule has 0 bridgehead atoms. The van der Waals surface area contributed by atoms with E-state index in [1.165, 1.54) is 41.5 Å². The van der Waals surface area contributed by atoms with Crippen LogP contribution in [0.5, 0.6) is 0 Å². The molecule has 0 aromatic heterocycles. The zero-order valence-corrected chi connectivity index (χ0v) is 23.8. The first kappa shape index (κ1) is 28.2. The van der Waals surface area contributed by atoms with E-state index in [0.717, 1.165) is 35.0 Å². The first-order chi connectivity index (χ1) is 18.9. The summed E-state index contributed by atoms with van der Waals surface area (Å²) in [7, 11) is 0. The lowest BCUT2D eigenvalue weighted by molar-refractivity contribution is -0.108. The fourth-order valence-electron chi connectivity index (χ4n) is 4.53. The van der Waals surface area contributed by atoms with Crippen molar-refractivity contribution in [3.05, 3.63) is 119 Å². The highest BCUT2D eigenvalue weighted by atomic mass is 16.1. The molecule has 1 fully saturated rings. The molecule has 4 aromatic carbocycles. The Morgan fingerprint density at radius 3 is 1.49 bits per heavy atom. The van der Waals surface area contributed by atoms with Crippen LogP contribution in [0.15, 0.2) is 97.1 Å². The highest BCUT2D eigenvalue weighted by molar-refractivity contribution is 5.61. The standard InChI is InChI=1S/C19H21NO.C17H21N/c1-14(12-13-21)15-4-8-18(9-5-15)20-19-10-6-17(7-11-19)16-2-3-16;1-4-14(3)15-7-11-17(12-8-15)18-16-9-5-13(2)6-10-16/h4-11,13-14,16,20H,2-3,12H2,1H3;5-12,14,18H,4H2,1-3H3. The zero-order valence-electron chi connectivity index (χ0n) is 23.8. The number of hydrogen-bond acceptors (Lipinski definition) is 3. The molecule has 3 heteroatoms. The Balaban J connectivity index is 0.000000183. The topological polar surface area (TPSA) is 41.1 Å². The minimum Gasteiger partial charge on any atom is -0.356 e. The Morgan fingerprint density at radius 1 is 0.667 bits per heavy atom. The van der Waals surface area contributed by atoms with Crippen LogP contribution in [-0.2, 0) is 4.79 Å². The smallest absolute Gasteiger partial charge is 0.120 e. The van der Waals surface area contributed by atoms with Gasteiger partial charge < -0.3 is 15.4 Å². The van der Waals surface area contributed by atoms with E-state index in [1.54, 1.807) is 0 Å². The number of aryl methyl sites for hydroxylation is 1. The number of hydrogen-bond donors (Lipinski definition) is 2. The van der Waals surface area contributed by atoms with E-state index < -0.39 is 0 Å². The first-order valence-corrected chi connectivity index (χ1v) is 14.3. The van der Waals surface area contributed by atoms with Crippen molar-refractivity contribution in [2.45, 2.75) is 71.1 Å². The Morgan fingerprint density at radius 2 is 1.08 bits per heavy atom.